The molecule has 100 valence electrons. The highest BCUT2D eigenvalue weighted by Gasteiger charge is 2.24. The third-order valence-corrected chi connectivity index (χ3v) is 5.34. The molecule has 0 amide bonds. The van der Waals surface area contributed by atoms with Crippen molar-refractivity contribution >= 4 is 33.4 Å². The Labute approximate surface area is 121 Å². The normalized spacial score (nSPS) is 19.7. The number of hydrogen-bond donors (Lipinski definition) is 0. The minimum atomic E-state index is -0.155. The fraction of sp³-hybridized carbons (Fsp3) is 0.571. The van der Waals surface area contributed by atoms with Gasteiger partial charge in [-0.15, -0.1) is 0 Å². The number of thioether (sulfide) groups is 1. The lowest BCUT2D eigenvalue weighted by Gasteiger charge is -2.26. The summed E-state index contributed by atoms with van der Waals surface area (Å²) in [5, 5.41) is 0.702. The van der Waals surface area contributed by atoms with Crippen LogP contribution in [0.25, 0.3) is 0 Å². The molecule has 0 aromatic heterocycles. The van der Waals surface area contributed by atoms with Crippen molar-refractivity contribution in [2.24, 2.45) is 0 Å². The Bertz CT molecular complexity index is 422. The summed E-state index contributed by atoms with van der Waals surface area (Å²) in [5.41, 5.74) is 2.21. The van der Waals surface area contributed by atoms with Crippen molar-refractivity contribution in [3.05, 3.63) is 29.6 Å². The Balaban J connectivity index is 2.21. The molecule has 0 aliphatic carbocycles. The van der Waals surface area contributed by atoms with E-state index >= 15 is 0 Å². The Kier molecular flexibility index (Phi) is 4.59. The second-order valence-corrected chi connectivity index (χ2v) is 7.61. The average Bonchev–Trinajstić information content (AvgIpc) is 2.50. The first-order valence-corrected chi connectivity index (χ1v) is 8.36. The standard InChI is InChI=1S/C14H19BrFNS/c1-14(2)5-6-17(7-8-18-14)13-4-3-12(16)9-11(13)10-15/h3-4,9H,5-8,10H2,1-2H3. The molecule has 1 aromatic rings. The van der Waals surface area contributed by atoms with Gasteiger partial charge < -0.3 is 4.90 Å². The Hall–Kier alpha value is -0.220. The molecular formula is C14H19BrFNS. The quantitative estimate of drug-likeness (QED) is 0.737. The summed E-state index contributed by atoms with van der Waals surface area (Å²) in [7, 11) is 0. The number of benzene rings is 1. The lowest BCUT2D eigenvalue weighted by molar-refractivity contribution is 0.622. The van der Waals surface area contributed by atoms with Gasteiger partial charge in [0.15, 0.2) is 0 Å². The zero-order valence-electron chi connectivity index (χ0n) is 10.9. The lowest BCUT2D eigenvalue weighted by atomic mass is 10.1. The van der Waals surface area contributed by atoms with Crippen molar-refractivity contribution in [1.82, 2.24) is 0 Å². The maximum absolute atomic E-state index is 13.3. The summed E-state index contributed by atoms with van der Waals surface area (Å²) >= 11 is 5.48. The van der Waals surface area contributed by atoms with Crippen molar-refractivity contribution in [2.45, 2.75) is 30.3 Å². The molecule has 0 atom stereocenters. The van der Waals surface area contributed by atoms with E-state index in [0.717, 1.165) is 30.8 Å². The summed E-state index contributed by atoms with van der Waals surface area (Å²) < 4.78 is 13.6. The highest BCUT2D eigenvalue weighted by atomic mass is 79.9. The van der Waals surface area contributed by atoms with Gasteiger partial charge in [0.05, 0.1) is 0 Å². The molecule has 1 aliphatic heterocycles. The van der Waals surface area contributed by atoms with Crippen LogP contribution < -0.4 is 4.90 Å². The summed E-state index contributed by atoms with van der Waals surface area (Å²) in [6, 6.07) is 5.10. The Morgan fingerprint density at radius 1 is 1.39 bits per heavy atom. The molecule has 1 nitrogen and oxygen atoms in total. The van der Waals surface area contributed by atoms with E-state index < -0.39 is 0 Å². The second-order valence-electron chi connectivity index (χ2n) is 5.25. The molecule has 0 unspecified atom stereocenters. The van der Waals surface area contributed by atoms with E-state index in [1.165, 1.54) is 5.69 Å². The van der Waals surface area contributed by atoms with Crippen molar-refractivity contribution in [3.8, 4) is 0 Å². The molecule has 0 radical (unpaired) electrons. The van der Waals surface area contributed by atoms with E-state index in [0.29, 0.717) is 10.1 Å². The molecule has 0 saturated carbocycles. The van der Waals surface area contributed by atoms with E-state index in [4.69, 9.17) is 0 Å². The molecule has 0 N–H and O–H groups in total. The fourth-order valence-corrected chi connectivity index (χ4v) is 3.78. The molecule has 2 rings (SSSR count). The largest absolute Gasteiger partial charge is 0.370 e. The number of hydrogen-bond acceptors (Lipinski definition) is 2. The van der Waals surface area contributed by atoms with Gasteiger partial charge in [-0.2, -0.15) is 11.8 Å². The van der Waals surface area contributed by atoms with Gasteiger partial charge in [0.1, 0.15) is 5.82 Å². The third kappa shape index (κ3) is 3.41. The van der Waals surface area contributed by atoms with Crippen molar-refractivity contribution in [2.75, 3.05) is 23.7 Å². The van der Waals surface area contributed by atoms with Gasteiger partial charge in [0.25, 0.3) is 0 Å². The predicted molar refractivity (Wildman–Crippen MR) is 82.4 cm³/mol. The maximum atomic E-state index is 13.3. The molecule has 1 saturated heterocycles. The van der Waals surface area contributed by atoms with Crippen LogP contribution in [0.2, 0.25) is 0 Å². The van der Waals surface area contributed by atoms with Crippen molar-refractivity contribution < 1.29 is 4.39 Å². The summed E-state index contributed by atoms with van der Waals surface area (Å²) in [4.78, 5) is 2.39. The fourth-order valence-electron chi connectivity index (χ4n) is 2.23. The molecule has 1 heterocycles. The van der Waals surface area contributed by atoms with Gasteiger partial charge in [-0.25, -0.2) is 4.39 Å². The Morgan fingerprint density at radius 3 is 2.89 bits per heavy atom. The first-order valence-electron chi connectivity index (χ1n) is 6.25. The molecule has 0 spiro atoms. The predicted octanol–water partition coefficient (Wildman–Crippen LogP) is 4.44. The van der Waals surface area contributed by atoms with Crippen LogP contribution in [0.4, 0.5) is 10.1 Å². The highest BCUT2D eigenvalue weighted by molar-refractivity contribution is 9.08. The van der Waals surface area contributed by atoms with Gasteiger partial charge in [-0.1, -0.05) is 29.8 Å². The minimum Gasteiger partial charge on any atom is -0.370 e. The van der Waals surface area contributed by atoms with Crippen LogP contribution in [-0.4, -0.2) is 23.6 Å². The molecule has 18 heavy (non-hydrogen) atoms. The van der Waals surface area contributed by atoms with Crippen LogP contribution >= 0.6 is 27.7 Å². The molecule has 0 bridgehead atoms. The monoisotopic (exact) mass is 331 g/mol. The van der Waals surface area contributed by atoms with E-state index in [9.17, 15) is 4.39 Å². The van der Waals surface area contributed by atoms with Gasteiger partial charge in [0.2, 0.25) is 0 Å². The number of rotatable bonds is 2. The number of alkyl halides is 1. The van der Waals surface area contributed by atoms with E-state index in [-0.39, 0.29) is 5.82 Å². The van der Waals surface area contributed by atoms with Crippen LogP contribution in [0.1, 0.15) is 25.8 Å². The summed E-state index contributed by atoms with van der Waals surface area (Å²) in [5.74, 6) is 0.976. The number of nitrogens with zero attached hydrogens (tertiary/aromatic N) is 1. The van der Waals surface area contributed by atoms with E-state index in [2.05, 4.69) is 34.7 Å². The lowest BCUT2D eigenvalue weighted by Crippen LogP contribution is -2.27. The highest BCUT2D eigenvalue weighted by Crippen LogP contribution is 2.33. The summed E-state index contributed by atoms with van der Waals surface area (Å²) in [6.07, 6.45) is 1.16. The van der Waals surface area contributed by atoms with Gasteiger partial charge >= 0.3 is 0 Å². The summed E-state index contributed by atoms with van der Waals surface area (Å²) in [6.45, 7) is 6.69. The van der Waals surface area contributed by atoms with Gasteiger partial charge in [-0.05, 0) is 30.2 Å². The zero-order chi connectivity index (χ0) is 13.2. The number of halogens is 2. The van der Waals surface area contributed by atoms with Gasteiger partial charge in [0, 0.05) is 34.6 Å². The minimum absolute atomic E-state index is 0.155. The van der Waals surface area contributed by atoms with Crippen LogP contribution in [-0.2, 0) is 5.33 Å². The average molecular weight is 332 g/mol. The molecule has 1 aliphatic rings. The maximum Gasteiger partial charge on any atom is 0.123 e. The molecule has 4 heteroatoms. The van der Waals surface area contributed by atoms with Crippen molar-refractivity contribution in [1.29, 1.82) is 0 Å². The van der Waals surface area contributed by atoms with Crippen LogP contribution in [0, 0.1) is 5.82 Å². The van der Waals surface area contributed by atoms with Crippen LogP contribution in [0.5, 0.6) is 0 Å². The first-order chi connectivity index (χ1) is 8.52. The molecular weight excluding hydrogens is 313 g/mol. The topological polar surface area (TPSA) is 3.24 Å². The van der Waals surface area contributed by atoms with Crippen molar-refractivity contribution in [3.63, 3.8) is 0 Å². The SMILES string of the molecule is CC1(C)CCN(c2ccc(F)cc2CBr)CCS1. The van der Waals surface area contributed by atoms with Crippen LogP contribution in [0.15, 0.2) is 18.2 Å². The smallest absolute Gasteiger partial charge is 0.123 e. The van der Waals surface area contributed by atoms with E-state index in [1.807, 2.05) is 17.8 Å². The third-order valence-electron chi connectivity index (χ3n) is 3.36. The van der Waals surface area contributed by atoms with Gasteiger partial charge in [-0.3, -0.25) is 0 Å². The van der Waals surface area contributed by atoms with Crippen LogP contribution in [0.3, 0.4) is 0 Å². The second kappa shape index (κ2) is 5.83. The zero-order valence-corrected chi connectivity index (χ0v) is 13.3. The molecule has 1 fully saturated rings. The molecule has 1 aromatic carbocycles. The number of anilines is 1. The Morgan fingerprint density at radius 2 is 2.17 bits per heavy atom. The first kappa shape index (κ1) is 14.2. The van der Waals surface area contributed by atoms with E-state index in [1.54, 1.807) is 12.1 Å².